The van der Waals surface area contributed by atoms with E-state index in [1.807, 2.05) is 0 Å². The molecule has 74 valence electrons. The fourth-order valence-corrected chi connectivity index (χ4v) is 1.11. The van der Waals surface area contributed by atoms with Gasteiger partial charge in [0.05, 0.1) is 17.7 Å². The average Bonchev–Trinajstić information content (AvgIpc) is 2.19. The zero-order chi connectivity index (χ0) is 10.6. The number of nitriles is 1. The van der Waals surface area contributed by atoms with Gasteiger partial charge in [-0.25, -0.2) is 4.39 Å². The van der Waals surface area contributed by atoms with Gasteiger partial charge < -0.3 is 5.32 Å². The first-order valence-electron chi connectivity index (χ1n) is 4.22. The quantitative estimate of drug-likeness (QED) is 0.836. The molecule has 4 heteroatoms. The molecule has 0 aromatic heterocycles. The van der Waals surface area contributed by atoms with Gasteiger partial charge in [-0.2, -0.15) is 5.26 Å². The Kier molecular flexibility index (Phi) is 3.73. The molecule has 0 radical (unpaired) electrons. The lowest BCUT2D eigenvalue weighted by atomic mass is 10.2. The molecular formula is C10H10ClFN2. The molecule has 1 unspecified atom stereocenters. The summed E-state index contributed by atoms with van der Waals surface area (Å²) in [7, 11) is 0. The zero-order valence-corrected chi connectivity index (χ0v) is 8.48. The minimum Gasteiger partial charge on any atom is -0.381 e. The SMILES string of the molecule is CC(C#N)CNc1cc(Cl)ccc1F. The van der Waals surface area contributed by atoms with E-state index in [4.69, 9.17) is 16.9 Å². The highest BCUT2D eigenvalue weighted by Gasteiger charge is 2.04. The Labute approximate surface area is 87.3 Å². The number of nitrogens with zero attached hydrogens (tertiary/aromatic N) is 1. The Balaban J connectivity index is 2.67. The zero-order valence-electron chi connectivity index (χ0n) is 7.72. The van der Waals surface area contributed by atoms with Gasteiger partial charge in [-0.3, -0.25) is 0 Å². The Bertz CT molecular complexity index is 360. The van der Waals surface area contributed by atoms with E-state index in [0.717, 1.165) is 0 Å². The molecule has 0 aliphatic carbocycles. The van der Waals surface area contributed by atoms with Gasteiger partial charge in [0.15, 0.2) is 0 Å². The Morgan fingerprint density at radius 3 is 3.00 bits per heavy atom. The average molecular weight is 213 g/mol. The summed E-state index contributed by atoms with van der Waals surface area (Å²) in [6, 6.07) is 6.33. The van der Waals surface area contributed by atoms with Crippen LogP contribution in [0.25, 0.3) is 0 Å². The van der Waals surface area contributed by atoms with Crippen LogP contribution in [0.15, 0.2) is 18.2 Å². The lowest BCUT2D eigenvalue weighted by Gasteiger charge is -2.08. The Morgan fingerprint density at radius 1 is 1.64 bits per heavy atom. The second-order valence-electron chi connectivity index (χ2n) is 3.04. The van der Waals surface area contributed by atoms with Crippen molar-refractivity contribution in [2.24, 2.45) is 5.92 Å². The van der Waals surface area contributed by atoms with Crippen molar-refractivity contribution in [2.45, 2.75) is 6.92 Å². The number of nitrogens with one attached hydrogen (secondary N) is 1. The molecule has 0 saturated carbocycles. The third kappa shape index (κ3) is 2.90. The first-order chi connectivity index (χ1) is 6.63. The van der Waals surface area contributed by atoms with E-state index < -0.39 is 0 Å². The van der Waals surface area contributed by atoms with Crippen LogP contribution < -0.4 is 5.32 Å². The van der Waals surface area contributed by atoms with Gasteiger partial charge in [-0.15, -0.1) is 0 Å². The van der Waals surface area contributed by atoms with Crippen LogP contribution in [0.4, 0.5) is 10.1 Å². The second kappa shape index (κ2) is 4.83. The van der Waals surface area contributed by atoms with Crippen molar-refractivity contribution in [3.8, 4) is 6.07 Å². The van der Waals surface area contributed by atoms with Crippen LogP contribution in [0.1, 0.15) is 6.92 Å². The normalized spacial score (nSPS) is 11.9. The smallest absolute Gasteiger partial charge is 0.146 e. The number of hydrogen-bond donors (Lipinski definition) is 1. The molecule has 0 saturated heterocycles. The third-order valence-corrected chi connectivity index (χ3v) is 1.98. The van der Waals surface area contributed by atoms with Crippen molar-refractivity contribution in [3.63, 3.8) is 0 Å². The fraction of sp³-hybridized carbons (Fsp3) is 0.300. The highest BCUT2D eigenvalue weighted by molar-refractivity contribution is 6.30. The molecule has 1 N–H and O–H groups in total. The Hall–Kier alpha value is -1.27. The van der Waals surface area contributed by atoms with Gasteiger partial charge in [0.2, 0.25) is 0 Å². The van der Waals surface area contributed by atoms with Gasteiger partial charge in [0.25, 0.3) is 0 Å². The summed E-state index contributed by atoms with van der Waals surface area (Å²) in [5, 5.41) is 11.8. The van der Waals surface area contributed by atoms with Crippen molar-refractivity contribution in [1.29, 1.82) is 5.26 Å². The number of anilines is 1. The van der Waals surface area contributed by atoms with E-state index in [-0.39, 0.29) is 11.7 Å². The largest absolute Gasteiger partial charge is 0.381 e. The van der Waals surface area contributed by atoms with Crippen LogP contribution in [0, 0.1) is 23.1 Å². The van der Waals surface area contributed by atoms with E-state index in [1.54, 1.807) is 6.92 Å². The number of halogens is 2. The van der Waals surface area contributed by atoms with Gasteiger partial charge in [0, 0.05) is 11.6 Å². The standard InChI is InChI=1S/C10H10ClFN2/c1-7(5-13)6-14-10-4-8(11)2-3-9(10)12/h2-4,7,14H,6H2,1H3. The molecule has 2 nitrogen and oxygen atoms in total. The summed E-state index contributed by atoms with van der Waals surface area (Å²) >= 11 is 5.69. The number of benzene rings is 1. The van der Waals surface area contributed by atoms with E-state index in [1.165, 1.54) is 18.2 Å². The summed E-state index contributed by atoms with van der Waals surface area (Å²) in [6.07, 6.45) is 0. The maximum absolute atomic E-state index is 13.1. The number of rotatable bonds is 3. The number of hydrogen-bond acceptors (Lipinski definition) is 2. The van der Waals surface area contributed by atoms with Crippen molar-refractivity contribution in [3.05, 3.63) is 29.0 Å². The molecule has 0 bridgehead atoms. The third-order valence-electron chi connectivity index (χ3n) is 1.75. The summed E-state index contributed by atoms with van der Waals surface area (Å²) in [5.74, 6) is -0.520. The maximum Gasteiger partial charge on any atom is 0.146 e. The van der Waals surface area contributed by atoms with Crippen molar-refractivity contribution in [2.75, 3.05) is 11.9 Å². The molecule has 14 heavy (non-hydrogen) atoms. The topological polar surface area (TPSA) is 35.8 Å². The molecule has 1 atom stereocenters. The highest BCUT2D eigenvalue weighted by Crippen LogP contribution is 2.19. The predicted octanol–water partition coefficient (Wildman–Crippen LogP) is 3.05. The monoisotopic (exact) mass is 212 g/mol. The lowest BCUT2D eigenvalue weighted by molar-refractivity contribution is 0.628. The predicted molar refractivity (Wildman–Crippen MR) is 54.7 cm³/mol. The summed E-state index contributed by atoms with van der Waals surface area (Å²) in [6.45, 7) is 2.17. The first-order valence-corrected chi connectivity index (χ1v) is 4.60. The summed E-state index contributed by atoms with van der Waals surface area (Å²) in [4.78, 5) is 0. The van der Waals surface area contributed by atoms with E-state index >= 15 is 0 Å². The van der Waals surface area contributed by atoms with Crippen LogP contribution in [0.5, 0.6) is 0 Å². The maximum atomic E-state index is 13.1. The van der Waals surface area contributed by atoms with Gasteiger partial charge in [0.1, 0.15) is 5.82 Å². The van der Waals surface area contributed by atoms with Crippen LogP contribution in [-0.4, -0.2) is 6.54 Å². The molecule has 0 spiro atoms. The molecule has 0 fully saturated rings. The lowest BCUT2D eigenvalue weighted by Crippen LogP contribution is -2.10. The van der Waals surface area contributed by atoms with Crippen LogP contribution in [0.3, 0.4) is 0 Å². The Morgan fingerprint density at radius 2 is 2.36 bits per heavy atom. The van der Waals surface area contributed by atoms with Gasteiger partial charge in [-0.1, -0.05) is 11.6 Å². The molecule has 1 aromatic rings. The van der Waals surface area contributed by atoms with Crippen molar-refractivity contribution < 1.29 is 4.39 Å². The summed E-state index contributed by atoms with van der Waals surface area (Å²) in [5.41, 5.74) is 0.333. The highest BCUT2D eigenvalue weighted by atomic mass is 35.5. The molecule has 1 aromatic carbocycles. The molecule has 0 aliphatic rings. The van der Waals surface area contributed by atoms with Crippen molar-refractivity contribution in [1.82, 2.24) is 0 Å². The van der Waals surface area contributed by atoms with E-state index in [0.29, 0.717) is 17.3 Å². The van der Waals surface area contributed by atoms with Crippen LogP contribution in [0.2, 0.25) is 5.02 Å². The minimum absolute atomic E-state index is 0.159. The van der Waals surface area contributed by atoms with E-state index in [2.05, 4.69) is 11.4 Å². The fourth-order valence-electron chi connectivity index (χ4n) is 0.942. The van der Waals surface area contributed by atoms with E-state index in [9.17, 15) is 4.39 Å². The van der Waals surface area contributed by atoms with Gasteiger partial charge in [-0.05, 0) is 25.1 Å². The molecule has 1 rings (SSSR count). The van der Waals surface area contributed by atoms with Crippen LogP contribution >= 0.6 is 11.6 Å². The van der Waals surface area contributed by atoms with Gasteiger partial charge >= 0.3 is 0 Å². The van der Waals surface area contributed by atoms with Crippen molar-refractivity contribution >= 4 is 17.3 Å². The van der Waals surface area contributed by atoms with Crippen LogP contribution in [-0.2, 0) is 0 Å². The molecular weight excluding hydrogens is 203 g/mol. The summed E-state index contributed by atoms with van der Waals surface area (Å²) < 4.78 is 13.1. The first kappa shape index (κ1) is 10.8. The molecule has 0 amide bonds. The molecule has 0 heterocycles. The second-order valence-corrected chi connectivity index (χ2v) is 3.47. The molecule has 0 aliphatic heterocycles. The minimum atomic E-state index is -0.362.